The molecule has 232 valence electrons. The van der Waals surface area contributed by atoms with Gasteiger partial charge in [-0.1, -0.05) is 36.9 Å². The van der Waals surface area contributed by atoms with Gasteiger partial charge in [0.25, 0.3) is 0 Å². The number of allylic oxidation sites excluding steroid dienone is 5. The molecule has 4 rings (SSSR count). The van der Waals surface area contributed by atoms with Crippen LogP contribution in [0.1, 0.15) is 45.4 Å². The molecular weight excluding hydrogens is 590 g/mol. The number of nitrogens with zero attached hydrogens (tertiary/aromatic N) is 2. The Morgan fingerprint density at radius 2 is 1.74 bits per heavy atom. The van der Waals surface area contributed by atoms with Gasteiger partial charge in [-0.05, 0) is 89.6 Å². The third-order valence-corrected chi connectivity index (χ3v) is 7.98. The van der Waals surface area contributed by atoms with Crippen LogP contribution in [0.5, 0.6) is 5.75 Å². The molecule has 0 amide bonds. The molecule has 0 saturated carbocycles. The Morgan fingerprint density at radius 1 is 1.07 bits per heavy atom. The van der Waals surface area contributed by atoms with Crippen LogP contribution in [0.25, 0.3) is 22.7 Å². The van der Waals surface area contributed by atoms with Crippen molar-refractivity contribution in [1.29, 1.82) is 0 Å². The van der Waals surface area contributed by atoms with Crippen LogP contribution in [0.3, 0.4) is 0 Å². The number of anilines is 1. The maximum atomic E-state index is 12.6. The Balaban J connectivity index is 0.000000502. The zero-order valence-electron chi connectivity index (χ0n) is 25.8. The first-order valence-corrected chi connectivity index (χ1v) is 15.5. The van der Waals surface area contributed by atoms with E-state index in [1.807, 2.05) is 67.6 Å². The van der Waals surface area contributed by atoms with Crippen LogP contribution in [-0.4, -0.2) is 34.8 Å². The molecule has 1 saturated heterocycles. The Morgan fingerprint density at radius 3 is 2.26 bits per heavy atom. The van der Waals surface area contributed by atoms with Gasteiger partial charge in [0.15, 0.2) is 0 Å². The third-order valence-electron chi connectivity index (χ3n) is 6.23. The summed E-state index contributed by atoms with van der Waals surface area (Å²) in [4.78, 5) is 0. The standard InChI is InChI=1S/C25H27ClN2O3S.C5H6F2.C4H8/c1-5-31-25-10-8-20(26)15-23(25)24-9-7-17(2)28(24)22-14-19(18(3)30-4)13-21(16-22)27-11-6-12-32(27)29;1-4(6)3-5(2)7;1-3-4-2/h7-10,13-16H,3,5-6,11-12H2,1-2,4H3;3H,1H2,2H3;3-4H,1-2H3/b;5-3+;4-3-. The Bertz CT molecular complexity index is 1490. The van der Waals surface area contributed by atoms with Crippen molar-refractivity contribution < 1.29 is 22.5 Å². The summed E-state index contributed by atoms with van der Waals surface area (Å²) in [5.74, 6) is 0.697. The first-order valence-electron chi connectivity index (χ1n) is 13.9. The van der Waals surface area contributed by atoms with Gasteiger partial charge >= 0.3 is 0 Å². The van der Waals surface area contributed by atoms with Crippen LogP contribution in [0.15, 0.2) is 91.6 Å². The number of aryl methyl sites for hydroxylation is 1. The highest BCUT2D eigenvalue weighted by Crippen LogP contribution is 2.37. The summed E-state index contributed by atoms with van der Waals surface area (Å²) in [6, 6.07) is 15.9. The normalized spacial score (nSPS) is 14.5. The molecule has 5 nitrogen and oxygen atoms in total. The Hall–Kier alpha value is -3.62. The second kappa shape index (κ2) is 17.5. The lowest BCUT2D eigenvalue weighted by Crippen LogP contribution is -2.20. The maximum Gasteiger partial charge on any atom is 0.128 e. The van der Waals surface area contributed by atoms with Gasteiger partial charge in [-0.15, -0.1) is 0 Å². The van der Waals surface area contributed by atoms with E-state index in [0.29, 0.717) is 23.1 Å². The van der Waals surface area contributed by atoms with Gasteiger partial charge in [-0.25, -0.2) is 13.0 Å². The van der Waals surface area contributed by atoms with Gasteiger partial charge in [-0.2, -0.15) is 0 Å². The van der Waals surface area contributed by atoms with Gasteiger partial charge < -0.3 is 14.0 Å². The molecule has 1 aromatic heterocycles. The van der Waals surface area contributed by atoms with Gasteiger partial charge in [-0.3, -0.25) is 4.31 Å². The zero-order valence-corrected chi connectivity index (χ0v) is 27.3. The predicted molar refractivity (Wildman–Crippen MR) is 179 cm³/mol. The first kappa shape index (κ1) is 35.6. The van der Waals surface area contributed by atoms with Crippen LogP contribution in [0.4, 0.5) is 14.5 Å². The summed E-state index contributed by atoms with van der Waals surface area (Å²) >= 11 is 6.35. The van der Waals surface area contributed by atoms with E-state index in [4.69, 9.17) is 21.1 Å². The summed E-state index contributed by atoms with van der Waals surface area (Å²) in [6.07, 6.45) is 5.63. The molecule has 43 heavy (non-hydrogen) atoms. The third kappa shape index (κ3) is 10.3. The highest BCUT2D eigenvalue weighted by atomic mass is 35.5. The van der Waals surface area contributed by atoms with E-state index in [-0.39, 0.29) is 0 Å². The molecule has 2 heterocycles. The SMILES string of the molecule is C/C=C\C.C=C(F)/C=C(\C)F.C=C(OC)c1cc(N2CCCS2=O)cc(-n2c(C)ccc2-c2cc(Cl)ccc2OCC)c1. The molecule has 1 unspecified atom stereocenters. The summed E-state index contributed by atoms with van der Waals surface area (Å²) in [7, 11) is 0.576. The molecule has 1 fully saturated rings. The summed E-state index contributed by atoms with van der Waals surface area (Å²) < 4.78 is 51.0. The molecule has 1 aliphatic heterocycles. The highest BCUT2D eigenvalue weighted by Gasteiger charge is 2.23. The highest BCUT2D eigenvalue weighted by molar-refractivity contribution is 7.86. The lowest BCUT2D eigenvalue weighted by Gasteiger charge is -2.21. The van der Waals surface area contributed by atoms with Crippen molar-refractivity contribution in [2.75, 3.05) is 30.3 Å². The Kier molecular flexibility index (Phi) is 14.5. The van der Waals surface area contributed by atoms with Crippen LogP contribution in [-0.2, 0) is 15.7 Å². The van der Waals surface area contributed by atoms with Crippen molar-refractivity contribution in [3.05, 3.63) is 108 Å². The van der Waals surface area contributed by atoms with Crippen molar-refractivity contribution in [1.82, 2.24) is 4.57 Å². The van der Waals surface area contributed by atoms with Gasteiger partial charge in [0.2, 0.25) is 0 Å². The number of methoxy groups -OCH3 is 1. The van der Waals surface area contributed by atoms with Crippen molar-refractivity contribution in [2.24, 2.45) is 0 Å². The lowest BCUT2D eigenvalue weighted by atomic mass is 10.1. The van der Waals surface area contributed by atoms with Crippen LogP contribution < -0.4 is 9.04 Å². The number of hydrogen-bond donors (Lipinski definition) is 0. The molecule has 1 aliphatic rings. The molecule has 0 aliphatic carbocycles. The molecule has 3 aromatic rings. The lowest BCUT2D eigenvalue weighted by molar-refractivity contribution is 0.341. The summed E-state index contributed by atoms with van der Waals surface area (Å²) in [6.45, 7) is 17.3. The van der Waals surface area contributed by atoms with Crippen molar-refractivity contribution in [3.8, 4) is 22.7 Å². The van der Waals surface area contributed by atoms with E-state index in [1.165, 1.54) is 0 Å². The number of halogens is 3. The number of hydrogen-bond acceptors (Lipinski definition) is 3. The second-order valence-electron chi connectivity index (χ2n) is 9.46. The molecule has 9 heteroatoms. The largest absolute Gasteiger partial charge is 0.497 e. The van der Waals surface area contributed by atoms with E-state index >= 15 is 0 Å². The van der Waals surface area contributed by atoms with Crippen LogP contribution in [0, 0.1) is 6.92 Å². The number of benzene rings is 2. The van der Waals surface area contributed by atoms with Gasteiger partial charge in [0, 0.05) is 45.9 Å². The number of ether oxygens (including phenoxy) is 2. The minimum Gasteiger partial charge on any atom is -0.497 e. The molecule has 1 atom stereocenters. The monoisotopic (exact) mass is 630 g/mol. The van der Waals surface area contributed by atoms with Crippen LogP contribution in [0.2, 0.25) is 5.02 Å². The minimum absolute atomic E-state index is 0.558. The fourth-order valence-corrected chi connectivity index (χ4v) is 5.67. The van der Waals surface area contributed by atoms with Crippen LogP contribution >= 0.6 is 11.6 Å². The molecule has 0 N–H and O–H groups in total. The summed E-state index contributed by atoms with van der Waals surface area (Å²) in [5, 5.41) is 0.642. The minimum atomic E-state index is -1.03. The van der Waals surface area contributed by atoms with E-state index in [2.05, 4.69) is 42.8 Å². The van der Waals surface area contributed by atoms with E-state index in [0.717, 1.165) is 65.6 Å². The molecule has 0 bridgehead atoms. The predicted octanol–water partition coefficient (Wildman–Crippen LogP) is 9.92. The second-order valence-corrected chi connectivity index (χ2v) is 11.4. The van der Waals surface area contributed by atoms with E-state index in [9.17, 15) is 13.0 Å². The average molecular weight is 631 g/mol. The number of aromatic nitrogens is 1. The van der Waals surface area contributed by atoms with E-state index in [1.54, 1.807) is 7.11 Å². The first-order chi connectivity index (χ1) is 20.5. The van der Waals surface area contributed by atoms with E-state index < -0.39 is 22.6 Å². The average Bonchev–Trinajstić information content (AvgIpc) is 3.58. The fraction of sp³-hybridized carbons (Fsp3) is 0.294. The molecule has 2 aromatic carbocycles. The fourth-order valence-electron chi connectivity index (χ4n) is 4.23. The molecular formula is C34H41ClF2N2O3S. The summed E-state index contributed by atoms with van der Waals surface area (Å²) in [5.41, 5.74) is 5.59. The van der Waals surface area contributed by atoms with Gasteiger partial charge in [0.1, 0.15) is 28.3 Å². The topological polar surface area (TPSA) is 43.7 Å². The number of rotatable bonds is 8. The van der Waals surface area contributed by atoms with Crippen molar-refractivity contribution in [3.63, 3.8) is 0 Å². The zero-order chi connectivity index (χ0) is 32.1. The van der Waals surface area contributed by atoms with Crippen molar-refractivity contribution in [2.45, 2.75) is 41.0 Å². The smallest absolute Gasteiger partial charge is 0.128 e. The van der Waals surface area contributed by atoms with Crippen molar-refractivity contribution >= 4 is 34.0 Å². The quantitative estimate of drug-likeness (QED) is 0.141. The molecule has 0 radical (unpaired) electrons. The van der Waals surface area contributed by atoms with Gasteiger partial charge in [0.05, 0.1) is 30.9 Å². The maximum absolute atomic E-state index is 12.6. The molecule has 0 spiro atoms. The Labute approximate surface area is 262 Å².